The number of rotatable bonds is 2. The van der Waals surface area contributed by atoms with Gasteiger partial charge in [-0.1, -0.05) is 46.3 Å². The first kappa shape index (κ1) is 16.3. The fraction of sp³-hybridized carbons (Fsp3) is 0.105. The van der Waals surface area contributed by atoms with E-state index in [1.807, 2.05) is 6.07 Å². The van der Waals surface area contributed by atoms with Crippen LogP contribution in [0.2, 0.25) is 0 Å². The van der Waals surface area contributed by atoms with E-state index in [1.54, 1.807) is 49.4 Å². The molecule has 0 aromatic heterocycles. The van der Waals surface area contributed by atoms with Crippen molar-refractivity contribution in [1.29, 1.82) is 0 Å². The second kappa shape index (κ2) is 6.17. The molecule has 0 bridgehead atoms. The van der Waals surface area contributed by atoms with E-state index in [-0.39, 0.29) is 17.3 Å². The standard InChI is InChI=1S/C19H14BrNO3/c1-11(18(23)13-6-4-3-5-7-13)17-15-10-14(20)8-9-16(15)21(12(2)22)19(17)24/h3-10H,1-2H3/b17-11-. The molecular weight excluding hydrogens is 370 g/mol. The molecule has 0 atom stereocenters. The van der Waals surface area contributed by atoms with Gasteiger partial charge >= 0.3 is 0 Å². The Morgan fingerprint density at radius 3 is 2.29 bits per heavy atom. The molecule has 120 valence electrons. The van der Waals surface area contributed by atoms with Gasteiger partial charge in [0, 0.05) is 28.1 Å². The number of hydrogen-bond donors (Lipinski definition) is 0. The minimum Gasteiger partial charge on any atom is -0.289 e. The molecule has 5 heteroatoms. The van der Waals surface area contributed by atoms with E-state index in [4.69, 9.17) is 0 Å². The molecule has 3 rings (SSSR count). The number of ketones is 1. The zero-order valence-corrected chi connectivity index (χ0v) is 14.8. The lowest BCUT2D eigenvalue weighted by Crippen LogP contribution is -2.31. The SMILES string of the molecule is CC(=O)N1C(=O)/C(=C(/C)C(=O)c2ccccc2)c2cc(Br)ccc21. The van der Waals surface area contributed by atoms with E-state index in [0.29, 0.717) is 22.4 Å². The van der Waals surface area contributed by atoms with Crippen LogP contribution in [0.15, 0.2) is 58.6 Å². The number of hydrogen-bond acceptors (Lipinski definition) is 3. The van der Waals surface area contributed by atoms with E-state index in [0.717, 1.165) is 9.37 Å². The number of nitrogens with zero attached hydrogens (tertiary/aromatic N) is 1. The highest BCUT2D eigenvalue weighted by molar-refractivity contribution is 9.10. The molecule has 2 aromatic carbocycles. The Bertz CT molecular complexity index is 900. The summed E-state index contributed by atoms with van der Waals surface area (Å²) in [4.78, 5) is 38.5. The highest BCUT2D eigenvalue weighted by Gasteiger charge is 2.37. The number of anilines is 1. The predicted molar refractivity (Wildman–Crippen MR) is 95.7 cm³/mol. The zero-order valence-electron chi connectivity index (χ0n) is 13.2. The van der Waals surface area contributed by atoms with Crippen LogP contribution in [0.25, 0.3) is 5.57 Å². The van der Waals surface area contributed by atoms with Gasteiger partial charge in [0.1, 0.15) is 0 Å². The van der Waals surface area contributed by atoms with Crippen LogP contribution in [0.3, 0.4) is 0 Å². The molecule has 0 unspecified atom stereocenters. The molecule has 1 aliphatic heterocycles. The van der Waals surface area contributed by atoms with Crippen LogP contribution < -0.4 is 4.90 Å². The Hall–Kier alpha value is -2.53. The summed E-state index contributed by atoms with van der Waals surface area (Å²) < 4.78 is 0.775. The summed E-state index contributed by atoms with van der Waals surface area (Å²) in [5.74, 6) is -1.06. The first-order chi connectivity index (χ1) is 11.4. The van der Waals surface area contributed by atoms with Crippen molar-refractivity contribution in [3.63, 3.8) is 0 Å². The average molecular weight is 384 g/mol. The van der Waals surface area contributed by atoms with Gasteiger partial charge in [-0.05, 0) is 25.1 Å². The zero-order chi connectivity index (χ0) is 17.4. The topological polar surface area (TPSA) is 54.5 Å². The number of amides is 2. The molecule has 0 radical (unpaired) electrons. The van der Waals surface area contributed by atoms with E-state index < -0.39 is 5.91 Å². The smallest absolute Gasteiger partial charge is 0.266 e. The Kier molecular flexibility index (Phi) is 4.20. The van der Waals surface area contributed by atoms with Crippen molar-refractivity contribution in [2.75, 3.05) is 4.90 Å². The van der Waals surface area contributed by atoms with Crippen LogP contribution in [0, 0.1) is 0 Å². The summed E-state index contributed by atoms with van der Waals surface area (Å²) in [5.41, 5.74) is 2.20. The summed E-state index contributed by atoms with van der Waals surface area (Å²) >= 11 is 3.38. The number of halogens is 1. The van der Waals surface area contributed by atoms with E-state index >= 15 is 0 Å². The third-order valence-corrected chi connectivity index (χ3v) is 4.45. The highest BCUT2D eigenvalue weighted by Crippen LogP contribution is 2.40. The first-order valence-corrected chi connectivity index (χ1v) is 8.16. The molecule has 0 aliphatic carbocycles. The van der Waals surface area contributed by atoms with E-state index in [1.165, 1.54) is 6.92 Å². The van der Waals surface area contributed by atoms with Gasteiger partial charge in [0.15, 0.2) is 5.78 Å². The summed E-state index contributed by atoms with van der Waals surface area (Å²) in [6.07, 6.45) is 0. The lowest BCUT2D eigenvalue weighted by atomic mass is 9.96. The maximum Gasteiger partial charge on any atom is 0.266 e. The molecule has 0 spiro atoms. The number of allylic oxidation sites excluding steroid dienone is 1. The van der Waals surface area contributed by atoms with Gasteiger partial charge in [-0.2, -0.15) is 0 Å². The molecule has 0 saturated heterocycles. The fourth-order valence-electron chi connectivity index (χ4n) is 2.83. The number of carbonyl (C=O) groups is 3. The Balaban J connectivity index is 2.20. The van der Waals surface area contributed by atoms with Crippen LogP contribution >= 0.6 is 15.9 Å². The van der Waals surface area contributed by atoms with Gasteiger partial charge in [-0.3, -0.25) is 14.4 Å². The molecule has 2 amide bonds. The third-order valence-electron chi connectivity index (χ3n) is 3.95. The van der Waals surface area contributed by atoms with Crippen LogP contribution in [0.1, 0.15) is 29.8 Å². The van der Waals surface area contributed by atoms with Gasteiger partial charge in [0.2, 0.25) is 5.91 Å². The second-order valence-corrected chi connectivity index (χ2v) is 6.43. The summed E-state index contributed by atoms with van der Waals surface area (Å²) in [5, 5.41) is 0. The lowest BCUT2D eigenvalue weighted by Gasteiger charge is -2.12. The fourth-order valence-corrected chi connectivity index (χ4v) is 3.20. The normalized spacial score (nSPS) is 15.3. The first-order valence-electron chi connectivity index (χ1n) is 7.37. The monoisotopic (exact) mass is 383 g/mol. The van der Waals surface area contributed by atoms with E-state index in [2.05, 4.69) is 15.9 Å². The quantitative estimate of drug-likeness (QED) is 0.581. The van der Waals surface area contributed by atoms with Crippen molar-refractivity contribution in [3.05, 3.63) is 69.7 Å². The Morgan fingerprint density at radius 2 is 1.67 bits per heavy atom. The molecule has 0 saturated carbocycles. The maximum atomic E-state index is 12.8. The minimum atomic E-state index is -0.461. The second-order valence-electron chi connectivity index (χ2n) is 5.52. The van der Waals surface area contributed by atoms with Crippen molar-refractivity contribution in [2.24, 2.45) is 0 Å². The van der Waals surface area contributed by atoms with Gasteiger partial charge in [0.25, 0.3) is 5.91 Å². The van der Waals surface area contributed by atoms with Crippen molar-refractivity contribution >= 4 is 44.8 Å². The summed E-state index contributed by atoms with van der Waals surface area (Å²) in [6, 6.07) is 14.0. The molecule has 4 nitrogen and oxygen atoms in total. The molecule has 24 heavy (non-hydrogen) atoms. The molecular formula is C19H14BrNO3. The number of benzene rings is 2. The molecule has 0 fully saturated rings. The third kappa shape index (κ3) is 2.61. The minimum absolute atomic E-state index is 0.227. The Morgan fingerprint density at radius 1 is 1.00 bits per heavy atom. The van der Waals surface area contributed by atoms with Crippen molar-refractivity contribution < 1.29 is 14.4 Å². The Labute approximate surface area is 147 Å². The van der Waals surface area contributed by atoms with Crippen LogP contribution in [-0.2, 0) is 9.59 Å². The van der Waals surface area contributed by atoms with Crippen molar-refractivity contribution in [2.45, 2.75) is 13.8 Å². The molecule has 1 aliphatic rings. The number of Topliss-reactive ketones (excluding diaryl/α,β-unsaturated/α-hetero) is 1. The highest BCUT2D eigenvalue weighted by atomic mass is 79.9. The van der Waals surface area contributed by atoms with Gasteiger partial charge in [-0.15, -0.1) is 0 Å². The molecule has 0 N–H and O–H groups in total. The van der Waals surface area contributed by atoms with Gasteiger partial charge < -0.3 is 0 Å². The van der Waals surface area contributed by atoms with Gasteiger partial charge in [0.05, 0.1) is 11.3 Å². The largest absolute Gasteiger partial charge is 0.289 e. The van der Waals surface area contributed by atoms with Crippen molar-refractivity contribution in [1.82, 2.24) is 0 Å². The number of imide groups is 1. The van der Waals surface area contributed by atoms with Crippen LogP contribution in [0.4, 0.5) is 5.69 Å². The van der Waals surface area contributed by atoms with Gasteiger partial charge in [-0.25, -0.2) is 4.90 Å². The lowest BCUT2D eigenvalue weighted by molar-refractivity contribution is -0.122. The number of fused-ring (bicyclic) bond motifs is 1. The van der Waals surface area contributed by atoms with Crippen LogP contribution in [0.5, 0.6) is 0 Å². The van der Waals surface area contributed by atoms with E-state index in [9.17, 15) is 14.4 Å². The summed E-state index contributed by atoms with van der Waals surface area (Å²) in [6.45, 7) is 2.96. The van der Waals surface area contributed by atoms with Crippen LogP contribution in [-0.4, -0.2) is 17.6 Å². The van der Waals surface area contributed by atoms with Crippen molar-refractivity contribution in [3.8, 4) is 0 Å². The summed E-state index contributed by atoms with van der Waals surface area (Å²) in [7, 11) is 0. The molecule has 2 aromatic rings. The average Bonchev–Trinajstić information content (AvgIpc) is 2.85. The molecule has 1 heterocycles. The predicted octanol–water partition coefficient (Wildman–Crippen LogP) is 4.00. The maximum absolute atomic E-state index is 12.8. The number of carbonyl (C=O) groups excluding carboxylic acids is 3.